The number of hydrogen-bond acceptors (Lipinski definition) is 9. The Morgan fingerprint density at radius 3 is 2.60 bits per heavy atom. The molecule has 272 valence electrons. The van der Waals surface area contributed by atoms with Gasteiger partial charge in [0.25, 0.3) is 15.9 Å². The number of aromatic nitrogens is 3. The number of fused-ring (bicyclic) bond motifs is 2. The van der Waals surface area contributed by atoms with E-state index in [1.54, 1.807) is 36.7 Å². The van der Waals surface area contributed by atoms with Crippen molar-refractivity contribution in [1.82, 2.24) is 24.6 Å². The lowest BCUT2D eigenvalue weighted by Gasteiger charge is -2.39. The van der Waals surface area contributed by atoms with Gasteiger partial charge in [0.1, 0.15) is 26.9 Å². The van der Waals surface area contributed by atoms with Gasteiger partial charge in [-0.25, -0.2) is 23.1 Å². The number of aromatic amines is 1. The average Bonchev–Trinajstić information content (AvgIpc) is 3.82. The minimum absolute atomic E-state index is 0.0934. The zero-order chi connectivity index (χ0) is 36.7. The normalized spacial score (nSPS) is 16.7. The number of nitrogens with zero attached hydrogens (tertiary/aromatic N) is 4. The number of benzene rings is 2. The van der Waals surface area contributed by atoms with Crippen LogP contribution in [0.25, 0.3) is 26.8 Å². The number of nitrogens with one attached hydrogen (secondary N) is 2. The summed E-state index contributed by atoms with van der Waals surface area (Å²) >= 11 is 7.67. The summed E-state index contributed by atoms with van der Waals surface area (Å²) in [7, 11) is -4.36. The monoisotopic (exact) mass is 766 g/mol. The quantitative estimate of drug-likeness (QED) is 0.150. The lowest BCUT2D eigenvalue weighted by atomic mass is 9.72. The summed E-state index contributed by atoms with van der Waals surface area (Å²) in [6, 6.07) is 20.4. The predicted molar refractivity (Wildman–Crippen MR) is 212 cm³/mol. The summed E-state index contributed by atoms with van der Waals surface area (Å²) in [6.07, 6.45) is 7.97. The Hall–Kier alpha value is -4.75. The van der Waals surface area contributed by atoms with E-state index in [2.05, 4.69) is 55.5 Å². The second-order valence-electron chi connectivity index (χ2n) is 14.5. The number of hydrogen-bond donors (Lipinski definition) is 2. The molecule has 2 aliphatic rings. The molecule has 1 saturated heterocycles. The number of sulfonamides is 1. The fraction of sp³-hybridized carbons (Fsp3) is 0.275. The van der Waals surface area contributed by atoms with Gasteiger partial charge in [0.15, 0.2) is 0 Å². The van der Waals surface area contributed by atoms with Crippen molar-refractivity contribution < 1.29 is 17.9 Å². The van der Waals surface area contributed by atoms with Gasteiger partial charge in [-0.15, -0.1) is 11.3 Å². The van der Waals surface area contributed by atoms with E-state index in [-0.39, 0.29) is 21.6 Å². The summed E-state index contributed by atoms with van der Waals surface area (Å²) < 4.78 is 36.2. The van der Waals surface area contributed by atoms with Crippen molar-refractivity contribution in [3.8, 4) is 11.5 Å². The van der Waals surface area contributed by atoms with Crippen LogP contribution in [0.3, 0.4) is 0 Å². The second-order valence-corrected chi connectivity index (χ2v) is 17.5. The van der Waals surface area contributed by atoms with Crippen molar-refractivity contribution in [2.24, 2.45) is 5.41 Å². The number of allylic oxidation sites excluding steroid dienone is 1. The molecular weight excluding hydrogens is 728 g/mol. The van der Waals surface area contributed by atoms with Crippen LogP contribution in [-0.2, 0) is 10.0 Å². The lowest BCUT2D eigenvalue weighted by Crippen LogP contribution is -2.47. The van der Waals surface area contributed by atoms with Crippen LogP contribution in [0.5, 0.6) is 11.5 Å². The van der Waals surface area contributed by atoms with Crippen LogP contribution in [0.1, 0.15) is 49.0 Å². The fourth-order valence-electron chi connectivity index (χ4n) is 7.21. The minimum Gasteiger partial charge on any atom is -0.454 e. The van der Waals surface area contributed by atoms with Crippen LogP contribution in [0.15, 0.2) is 101 Å². The van der Waals surface area contributed by atoms with E-state index in [4.69, 9.17) is 16.3 Å². The van der Waals surface area contributed by atoms with E-state index < -0.39 is 15.9 Å². The van der Waals surface area contributed by atoms with E-state index in [0.717, 1.165) is 78.3 Å². The number of thiophene rings is 1. The molecule has 10 nitrogen and oxygen atoms in total. The highest BCUT2D eigenvalue weighted by Crippen LogP contribution is 2.43. The number of rotatable bonds is 9. The average molecular weight is 767 g/mol. The molecule has 1 amide bonds. The summed E-state index contributed by atoms with van der Waals surface area (Å²) in [5.74, 6) is -0.312. The van der Waals surface area contributed by atoms with Gasteiger partial charge in [0.2, 0.25) is 0 Å². The largest absolute Gasteiger partial charge is 0.454 e. The van der Waals surface area contributed by atoms with Crippen molar-refractivity contribution in [3.63, 3.8) is 0 Å². The molecule has 0 atom stereocenters. The molecular formula is C40H39ClN6O4S2. The van der Waals surface area contributed by atoms with Crippen molar-refractivity contribution in [3.05, 3.63) is 112 Å². The Bertz CT molecular complexity index is 2470. The van der Waals surface area contributed by atoms with Gasteiger partial charge < -0.3 is 14.6 Å². The number of halogens is 1. The van der Waals surface area contributed by atoms with E-state index in [1.807, 2.05) is 29.6 Å². The third kappa shape index (κ3) is 7.68. The molecule has 6 aromatic rings. The Balaban J connectivity index is 1.03. The SMILES string of the molecule is CC1(C)CCC(CN2CCN(c3ccc(S(=O)(=O)NC(=O)c4cnc5sccc5c4)c(Oc4cnc5[nH]ccc5c4)c3)CC2)=C(c2ccc(Cl)cc2)C1. The molecule has 0 unspecified atom stereocenters. The number of piperazine rings is 1. The van der Waals surface area contributed by atoms with Crippen molar-refractivity contribution in [2.45, 2.75) is 38.0 Å². The highest BCUT2D eigenvalue weighted by atomic mass is 35.5. The maximum Gasteiger partial charge on any atom is 0.268 e. The van der Waals surface area contributed by atoms with Gasteiger partial charge in [-0.3, -0.25) is 9.69 Å². The molecule has 13 heteroatoms. The van der Waals surface area contributed by atoms with Crippen LogP contribution in [-0.4, -0.2) is 66.9 Å². The zero-order valence-corrected chi connectivity index (χ0v) is 31.8. The molecule has 4 aromatic heterocycles. The molecule has 1 aliphatic carbocycles. The van der Waals surface area contributed by atoms with E-state index >= 15 is 0 Å². The molecule has 8 rings (SSSR count). The fourth-order valence-corrected chi connectivity index (χ4v) is 9.15. The highest BCUT2D eigenvalue weighted by Gasteiger charge is 2.30. The Morgan fingerprint density at radius 2 is 1.79 bits per heavy atom. The van der Waals surface area contributed by atoms with Crippen molar-refractivity contribution in [2.75, 3.05) is 37.6 Å². The van der Waals surface area contributed by atoms with Crippen LogP contribution in [0, 0.1) is 5.41 Å². The maximum absolute atomic E-state index is 13.8. The summed E-state index contributed by atoms with van der Waals surface area (Å²) in [4.78, 5) is 30.3. The van der Waals surface area contributed by atoms with Gasteiger partial charge in [-0.2, -0.15) is 0 Å². The summed E-state index contributed by atoms with van der Waals surface area (Å²) in [5, 5.41) is 4.20. The molecule has 1 aliphatic heterocycles. The number of amides is 1. The number of carbonyl (C=O) groups excluding carboxylic acids is 1. The number of ether oxygens (including phenoxy) is 1. The second kappa shape index (κ2) is 14.2. The molecule has 1 fully saturated rings. The number of pyridine rings is 2. The molecule has 0 bridgehead atoms. The van der Waals surface area contributed by atoms with Crippen molar-refractivity contribution >= 4 is 71.4 Å². The highest BCUT2D eigenvalue weighted by molar-refractivity contribution is 7.90. The molecule has 5 heterocycles. The third-order valence-electron chi connectivity index (χ3n) is 10.1. The first-order valence-corrected chi connectivity index (χ1v) is 20.3. The molecule has 2 N–H and O–H groups in total. The number of H-pyrrole nitrogens is 1. The van der Waals surface area contributed by atoms with E-state index in [0.29, 0.717) is 11.4 Å². The molecule has 0 radical (unpaired) electrons. The smallest absolute Gasteiger partial charge is 0.268 e. The first kappa shape index (κ1) is 35.3. The molecule has 0 saturated carbocycles. The Labute approximate surface area is 317 Å². The Morgan fingerprint density at radius 1 is 0.981 bits per heavy atom. The third-order valence-corrected chi connectivity index (χ3v) is 12.6. The van der Waals surface area contributed by atoms with E-state index in [9.17, 15) is 13.2 Å². The molecule has 53 heavy (non-hydrogen) atoms. The first-order valence-electron chi connectivity index (χ1n) is 17.6. The van der Waals surface area contributed by atoms with Gasteiger partial charge in [-0.1, -0.05) is 43.2 Å². The lowest BCUT2D eigenvalue weighted by molar-refractivity contribution is 0.0981. The molecule has 2 aromatic carbocycles. The van der Waals surface area contributed by atoms with Gasteiger partial charge in [0.05, 0.1) is 11.8 Å². The summed E-state index contributed by atoms with van der Waals surface area (Å²) in [5.41, 5.74) is 6.08. The van der Waals surface area contributed by atoms with E-state index in [1.165, 1.54) is 40.3 Å². The number of carbonyl (C=O) groups is 1. The topological polar surface area (TPSA) is 121 Å². The van der Waals surface area contributed by atoms with Crippen LogP contribution >= 0.6 is 22.9 Å². The van der Waals surface area contributed by atoms with Gasteiger partial charge >= 0.3 is 0 Å². The van der Waals surface area contributed by atoms with Gasteiger partial charge in [0, 0.05) is 72.7 Å². The van der Waals surface area contributed by atoms with Crippen molar-refractivity contribution in [1.29, 1.82) is 0 Å². The summed E-state index contributed by atoms with van der Waals surface area (Å²) in [6.45, 7) is 8.82. The van der Waals surface area contributed by atoms with Crippen LogP contribution in [0.4, 0.5) is 5.69 Å². The Kier molecular flexibility index (Phi) is 9.48. The minimum atomic E-state index is -4.36. The standard InChI is InChI=1S/C40H39ClN6O4S2/c1-40(2)12-9-29(34(22-40)26-3-5-31(41)6-4-26)25-46-14-16-47(17-15-46)32-7-8-36(35(21-32)51-33-20-27-10-13-42-37(27)43-24-33)53(49,50)45-38(48)30-19-28-11-18-52-39(28)44-23-30/h3-8,10-11,13,18-21,23-24H,9,12,14-17,22,25H2,1-2H3,(H,42,43)(H,45,48). The van der Waals surface area contributed by atoms with Crippen LogP contribution in [0.2, 0.25) is 5.02 Å². The predicted octanol–water partition coefficient (Wildman–Crippen LogP) is 8.52. The van der Waals surface area contributed by atoms with Gasteiger partial charge in [-0.05, 0) is 89.7 Å². The maximum atomic E-state index is 13.8. The zero-order valence-electron chi connectivity index (χ0n) is 29.4. The molecule has 0 spiro atoms. The number of anilines is 1. The first-order chi connectivity index (χ1) is 25.5. The van der Waals surface area contributed by atoms with Crippen LogP contribution < -0.4 is 14.4 Å².